The molecule has 2 N–H and O–H groups in total. The standard InChI is InChI=1S/C15H14BrNOS/c1-9-7-11(8-10(2)14(9)16)18-13-6-4-3-5-12(13)15(17)19/h3-8H,1-2H3,(H2,17,19). The van der Waals surface area contributed by atoms with Crippen LogP contribution in [0.15, 0.2) is 40.9 Å². The van der Waals surface area contributed by atoms with Gasteiger partial charge in [0.15, 0.2) is 0 Å². The van der Waals surface area contributed by atoms with Gasteiger partial charge in [0.1, 0.15) is 16.5 Å². The molecule has 0 aliphatic heterocycles. The van der Waals surface area contributed by atoms with Crippen LogP contribution in [0.2, 0.25) is 0 Å². The summed E-state index contributed by atoms with van der Waals surface area (Å²) in [5, 5.41) is 0. The van der Waals surface area contributed by atoms with Gasteiger partial charge in [-0.25, -0.2) is 0 Å². The molecule has 2 rings (SSSR count). The van der Waals surface area contributed by atoms with Gasteiger partial charge in [0.25, 0.3) is 0 Å². The van der Waals surface area contributed by atoms with Crippen LogP contribution < -0.4 is 10.5 Å². The van der Waals surface area contributed by atoms with E-state index in [1.807, 2.05) is 50.2 Å². The van der Waals surface area contributed by atoms with Crippen LogP contribution in [-0.2, 0) is 0 Å². The van der Waals surface area contributed by atoms with Gasteiger partial charge in [-0.15, -0.1) is 0 Å². The molecule has 2 aromatic carbocycles. The summed E-state index contributed by atoms with van der Waals surface area (Å²) in [5.74, 6) is 1.46. The molecular formula is C15H14BrNOS. The first-order chi connectivity index (χ1) is 8.99. The van der Waals surface area contributed by atoms with E-state index in [9.17, 15) is 0 Å². The number of rotatable bonds is 3. The van der Waals surface area contributed by atoms with Crippen molar-refractivity contribution < 1.29 is 4.74 Å². The average molecular weight is 336 g/mol. The Labute approximate surface area is 126 Å². The fourth-order valence-electron chi connectivity index (χ4n) is 1.85. The Hall–Kier alpha value is -1.39. The number of para-hydroxylation sites is 1. The maximum Gasteiger partial charge on any atom is 0.137 e. The highest BCUT2D eigenvalue weighted by Crippen LogP contribution is 2.30. The minimum atomic E-state index is 0.334. The Morgan fingerprint density at radius 1 is 1.16 bits per heavy atom. The van der Waals surface area contributed by atoms with Crippen molar-refractivity contribution in [3.05, 3.63) is 57.6 Å². The predicted octanol–water partition coefficient (Wildman–Crippen LogP) is 4.49. The highest BCUT2D eigenvalue weighted by molar-refractivity contribution is 9.10. The van der Waals surface area contributed by atoms with Gasteiger partial charge in [0, 0.05) is 4.47 Å². The van der Waals surface area contributed by atoms with Gasteiger partial charge in [-0.3, -0.25) is 0 Å². The number of aryl methyl sites for hydroxylation is 2. The van der Waals surface area contributed by atoms with Gasteiger partial charge in [0.2, 0.25) is 0 Å². The zero-order valence-electron chi connectivity index (χ0n) is 10.7. The van der Waals surface area contributed by atoms with E-state index >= 15 is 0 Å². The third kappa shape index (κ3) is 3.14. The quantitative estimate of drug-likeness (QED) is 0.839. The Kier molecular flexibility index (Phi) is 4.22. The first-order valence-electron chi connectivity index (χ1n) is 5.82. The SMILES string of the molecule is Cc1cc(Oc2ccccc2C(N)=S)cc(C)c1Br. The molecule has 0 saturated carbocycles. The van der Waals surface area contributed by atoms with Crippen molar-refractivity contribution >= 4 is 33.1 Å². The lowest BCUT2D eigenvalue weighted by atomic mass is 10.1. The second kappa shape index (κ2) is 5.72. The predicted molar refractivity (Wildman–Crippen MR) is 86.0 cm³/mol. The Bertz CT molecular complexity index is 617. The van der Waals surface area contributed by atoms with Gasteiger partial charge in [-0.1, -0.05) is 40.3 Å². The molecule has 4 heteroatoms. The topological polar surface area (TPSA) is 35.2 Å². The average Bonchev–Trinajstić information content (AvgIpc) is 2.36. The number of halogens is 1. The van der Waals surface area contributed by atoms with Gasteiger partial charge in [-0.2, -0.15) is 0 Å². The van der Waals surface area contributed by atoms with Crippen LogP contribution in [0.4, 0.5) is 0 Å². The van der Waals surface area contributed by atoms with Crippen LogP contribution in [0.5, 0.6) is 11.5 Å². The van der Waals surface area contributed by atoms with Gasteiger partial charge >= 0.3 is 0 Å². The second-order valence-corrected chi connectivity index (χ2v) is 5.57. The summed E-state index contributed by atoms with van der Waals surface area (Å²) in [4.78, 5) is 0.334. The Morgan fingerprint density at radius 2 is 1.74 bits per heavy atom. The monoisotopic (exact) mass is 335 g/mol. The number of hydrogen-bond acceptors (Lipinski definition) is 2. The van der Waals surface area contributed by atoms with Gasteiger partial charge in [0.05, 0.1) is 5.56 Å². The largest absolute Gasteiger partial charge is 0.457 e. The third-order valence-electron chi connectivity index (χ3n) is 2.79. The summed E-state index contributed by atoms with van der Waals surface area (Å²) < 4.78 is 7.00. The van der Waals surface area contributed by atoms with Gasteiger partial charge in [-0.05, 0) is 49.2 Å². The minimum Gasteiger partial charge on any atom is -0.457 e. The molecule has 2 aromatic rings. The van der Waals surface area contributed by atoms with Crippen molar-refractivity contribution in [2.75, 3.05) is 0 Å². The van der Waals surface area contributed by atoms with E-state index in [0.29, 0.717) is 10.7 Å². The van der Waals surface area contributed by atoms with Crippen molar-refractivity contribution in [3.63, 3.8) is 0 Å². The molecule has 2 nitrogen and oxygen atoms in total. The molecule has 0 unspecified atom stereocenters. The Balaban J connectivity index is 2.39. The summed E-state index contributed by atoms with van der Waals surface area (Å²) in [7, 11) is 0. The van der Waals surface area contributed by atoms with E-state index < -0.39 is 0 Å². The maximum absolute atomic E-state index is 5.90. The summed E-state index contributed by atoms with van der Waals surface area (Å²) >= 11 is 8.57. The van der Waals surface area contributed by atoms with E-state index in [4.69, 9.17) is 22.7 Å². The summed E-state index contributed by atoms with van der Waals surface area (Å²) in [6.45, 7) is 4.06. The lowest BCUT2D eigenvalue weighted by Crippen LogP contribution is -2.10. The Morgan fingerprint density at radius 3 is 2.32 bits per heavy atom. The number of benzene rings is 2. The van der Waals surface area contributed by atoms with Gasteiger partial charge < -0.3 is 10.5 Å². The number of hydrogen-bond donors (Lipinski definition) is 1. The van der Waals surface area contributed by atoms with Crippen molar-refractivity contribution in [2.45, 2.75) is 13.8 Å². The van der Waals surface area contributed by atoms with Crippen LogP contribution >= 0.6 is 28.1 Å². The molecule has 0 saturated heterocycles. The molecular weight excluding hydrogens is 322 g/mol. The molecule has 0 radical (unpaired) electrons. The lowest BCUT2D eigenvalue weighted by molar-refractivity contribution is 0.481. The van der Waals surface area contributed by atoms with Crippen molar-refractivity contribution in [3.8, 4) is 11.5 Å². The van der Waals surface area contributed by atoms with Crippen molar-refractivity contribution in [2.24, 2.45) is 5.73 Å². The first-order valence-corrected chi connectivity index (χ1v) is 7.02. The van der Waals surface area contributed by atoms with Crippen LogP contribution in [0.1, 0.15) is 16.7 Å². The summed E-state index contributed by atoms with van der Waals surface area (Å²) in [6.07, 6.45) is 0. The summed E-state index contributed by atoms with van der Waals surface area (Å²) in [5.41, 5.74) is 8.70. The lowest BCUT2D eigenvalue weighted by Gasteiger charge is -2.12. The highest BCUT2D eigenvalue weighted by atomic mass is 79.9. The molecule has 0 atom stereocenters. The van der Waals surface area contributed by atoms with Crippen molar-refractivity contribution in [1.29, 1.82) is 0 Å². The van der Waals surface area contributed by atoms with E-state index in [0.717, 1.165) is 26.9 Å². The molecule has 19 heavy (non-hydrogen) atoms. The zero-order chi connectivity index (χ0) is 14.0. The molecule has 0 spiro atoms. The summed E-state index contributed by atoms with van der Waals surface area (Å²) in [6, 6.07) is 11.5. The van der Waals surface area contributed by atoms with Crippen LogP contribution in [0.3, 0.4) is 0 Å². The molecule has 0 fully saturated rings. The number of nitrogens with two attached hydrogens (primary N) is 1. The molecule has 0 aliphatic rings. The number of thiocarbonyl (C=S) groups is 1. The van der Waals surface area contributed by atoms with Crippen LogP contribution in [-0.4, -0.2) is 4.99 Å². The van der Waals surface area contributed by atoms with Crippen molar-refractivity contribution in [1.82, 2.24) is 0 Å². The fraction of sp³-hybridized carbons (Fsp3) is 0.133. The number of ether oxygens (including phenoxy) is 1. The van der Waals surface area contributed by atoms with Crippen LogP contribution in [0.25, 0.3) is 0 Å². The van der Waals surface area contributed by atoms with E-state index in [2.05, 4.69) is 15.9 Å². The molecule has 0 heterocycles. The molecule has 0 aromatic heterocycles. The molecule has 98 valence electrons. The fourth-order valence-corrected chi connectivity index (χ4v) is 2.25. The molecule has 0 bridgehead atoms. The van der Waals surface area contributed by atoms with Crippen LogP contribution in [0, 0.1) is 13.8 Å². The normalized spacial score (nSPS) is 10.3. The third-order valence-corrected chi connectivity index (χ3v) is 4.26. The first kappa shape index (κ1) is 14.0. The van der Waals surface area contributed by atoms with E-state index in [1.165, 1.54) is 0 Å². The van der Waals surface area contributed by atoms with E-state index in [1.54, 1.807) is 0 Å². The maximum atomic E-state index is 5.90. The minimum absolute atomic E-state index is 0.334. The van der Waals surface area contributed by atoms with E-state index in [-0.39, 0.29) is 0 Å². The second-order valence-electron chi connectivity index (χ2n) is 4.33. The smallest absolute Gasteiger partial charge is 0.137 e. The molecule has 0 aliphatic carbocycles. The highest BCUT2D eigenvalue weighted by Gasteiger charge is 2.08. The zero-order valence-corrected chi connectivity index (χ0v) is 13.1. The molecule has 0 amide bonds.